The van der Waals surface area contributed by atoms with Crippen LogP contribution >= 0.6 is 11.8 Å². The van der Waals surface area contributed by atoms with Crippen LogP contribution in [0.15, 0.2) is 23.1 Å². The Balaban J connectivity index is 2.15. The Morgan fingerprint density at radius 2 is 2.08 bits per heavy atom. The van der Waals surface area contributed by atoms with Gasteiger partial charge in [0.1, 0.15) is 5.82 Å². The molecule has 2 rings (SSSR count). The molecule has 0 spiro atoms. The number of unbranched alkanes of at least 4 members (excludes halogenated alkanes) is 1. The van der Waals surface area contributed by atoms with Gasteiger partial charge in [0.25, 0.3) is 0 Å². The molecule has 0 bridgehead atoms. The van der Waals surface area contributed by atoms with E-state index in [0.717, 1.165) is 44.0 Å². The molecule has 0 unspecified atom stereocenters. The molecule has 0 saturated heterocycles. The maximum absolute atomic E-state index is 5.10. The Bertz CT molecular complexity index is 612. The van der Waals surface area contributed by atoms with Crippen LogP contribution in [0, 0.1) is 0 Å². The maximum Gasteiger partial charge on any atom is 0.123 e. The van der Waals surface area contributed by atoms with Crippen LogP contribution in [0.3, 0.4) is 0 Å². The molecular weight excluding hydrogens is 318 g/mol. The minimum absolute atomic E-state index is 0.803. The minimum Gasteiger partial charge on any atom is -0.385 e. The largest absolute Gasteiger partial charge is 0.385 e. The van der Waals surface area contributed by atoms with E-state index in [1.165, 1.54) is 35.4 Å². The Morgan fingerprint density at radius 1 is 1.21 bits per heavy atom. The fraction of sp³-hybridized carbons (Fsp3) is 0.632. The molecule has 0 aliphatic carbocycles. The zero-order valence-corrected chi connectivity index (χ0v) is 16.1. The van der Waals surface area contributed by atoms with E-state index in [2.05, 4.69) is 41.9 Å². The van der Waals surface area contributed by atoms with Crippen molar-refractivity contribution >= 4 is 22.8 Å². The second-order valence-corrected chi connectivity index (χ2v) is 7.22. The number of methoxy groups -OCH3 is 1. The summed E-state index contributed by atoms with van der Waals surface area (Å²) in [4.78, 5) is 6.21. The number of aromatic nitrogens is 2. The first-order valence-electron chi connectivity index (χ1n) is 9.11. The molecule has 5 heteroatoms. The molecule has 0 atom stereocenters. The van der Waals surface area contributed by atoms with Crippen molar-refractivity contribution in [1.82, 2.24) is 14.9 Å². The van der Waals surface area contributed by atoms with Crippen molar-refractivity contribution in [2.24, 2.45) is 0 Å². The lowest BCUT2D eigenvalue weighted by atomic mass is 10.3. The average molecular weight is 350 g/mol. The molecule has 0 radical (unpaired) electrons. The van der Waals surface area contributed by atoms with E-state index in [1.807, 2.05) is 11.8 Å². The van der Waals surface area contributed by atoms with Gasteiger partial charge >= 0.3 is 0 Å². The van der Waals surface area contributed by atoms with Gasteiger partial charge in [-0.15, -0.1) is 11.8 Å². The van der Waals surface area contributed by atoms with Crippen molar-refractivity contribution in [1.29, 1.82) is 0 Å². The third kappa shape index (κ3) is 5.50. The molecule has 2 aromatic rings. The van der Waals surface area contributed by atoms with Gasteiger partial charge in [0, 0.05) is 25.2 Å². The van der Waals surface area contributed by atoms with Crippen LogP contribution in [-0.4, -0.2) is 35.6 Å². The predicted octanol–water partition coefficient (Wildman–Crippen LogP) is 4.46. The highest BCUT2D eigenvalue weighted by Crippen LogP contribution is 2.25. The van der Waals surface area contributed by atoms with Crippen LogP contribution in [0.25, 0.3) is 11.0 Å². The highest BCUT2D eigenvalue weighted by atomic mass is 32.2. The van der Waals surface area contributed by atoms with Gasteiger partial charge in [0.05, 0.1) is 17.6 Å². The van der Waals surface area contributed by atoms with Gasteiger partial charge in [0.15, 0.2) is 0 Å². The van der Waals surface area contributed by atoms with Crippen LogP contribution in [-0.2, 0) is 17.8 Å². The monoisotopic (exact) mass is 349 g/mol. The van der Waals surface area contributed by atoms with Crippen molar-refractivity contribution in [3.8, 4) is 0 Å². The number of hydrogen-bond donors (Lipinski definition) is 1. The van der Waals surface area contributed by atoms with Crippen molar-refractivity contribution in [2.75, 3.05) is 26.0 Å². The van der Waals surface area contributed by atoms with Crippen molar-refractivity contribution in [3.05, 3.63) is 24.0 Å². The first-order valence-corrected chi connectivity index (χ1v) is 10.1. The van der Waals surface area contributed by atoms with E-state index >= 15 is 0 Å². The summed E-state index contributed by atoms with van der Waals surface area (Å²) in [6.07, 6.45) is 4.62. The number of imidazole rings is 1. The molecule has 1 aromatic carbocycles. The third-order valence-corrected chi connectivity index (χ3v) is 5.19. The van der Waals surface area contributed by atoms with Crippen molar-refractivity contribution in [2.45, 2.75) is 57.5 Å². The number of thioether (sulfide) groups is 1. The van der Waals surface area contributed by atoms with Crippen LogP contribution < -0.4 is 5.32 Å². The molecule has 0 aliphatic rings. The maximum atomic E-state index is 5.10. The molecule has 4 nitrogen and oxygen atoms in total. The zero-order valence-electron chi connectivity index (χ0n) is 15.3. The molecule has 0 aliphatic heterocycles. The first-order chi connectivity index (χ1) is 11.8. The Labute approximate surface area is 150 Å². The summed E-state index contributed by atoms with van der Waals surface area (Å²) in [5, 5.41) is 3.49. The van der Waals surface area contributed by atoms with E-state index in [4.69, 9.17) is 9.72 Å². The van der Waals surface area contributed by atoms with Gasteiger partial charge in [-0.05, 0) is 49.8 Å². The first kappa shape index (κ1) is 19.3. The van der Waals surface area contributed by atoms with Crippen LogP contribution in [0.1, 0.15) is 45.4 Å². The molecule has 134 valence electrons. The van der Waals surface area contributed by atoms with Gasteiger partial charge in [-0.3, -0.25) is 0 Å². The lowest BCUT2D eigenvalue weighted by Gasteiger charge is -2.10. The second kappa shape index (κ2) is 10.7. The van der Waals surface area contributed by atoms with E-state index in [-0.39, 0.29) is 0 Å². The molecule has 0 amide bonds. The van der Waals surface area contributed by atoms with Gasteiger partial charge in [-0.25, -0.2) is 4.98 Å². The van der Waals surface area contributed by atoms with Crippen LogP contribution in [0.5, 0.6) is 0 Å². The molecule has 1 aromatic heterocycles. The van der Waals surface area contributed by atoms with Crippen LogP contribution in [0.2, 0.25) is 0 Å². The smallest absolute Gasteiger partial charge is 0.123 e. The second-order valence-electron chi connectivity index (χ2n) is 6.06. The fourth-order valence-electron chi connectivity index (χ4n) is 2.70. The van der Waals surface area contributed by atoms with Gasteiger partial charge in [0.2, 0.25) is 0 Å². The molecule has 24 heavy (non-hydrogen) atoms. The summed E-state index contributed by atoms with van der Waals surface area (Å²) in [6.45, 7) is 8.10. The third-order valence-electron chi connectivity index (χ3n) is 3.99. The lowest BCUT2D eigenvalue weighted by molar-refractivity contribution is 0.194. The SMILES string of the molecule is CCCCn1c(CNCCCOC)nc2ccc(SCCC)cc21. The number of aryl methyl sites for hydroxylation is 1. The number of nitrogens with zero attached hydrogens (tertiary/aromatic N) is 2. The number of nitrogens with one attached hydrogen (secondary N) is 1. The average Bonchev–Trinajstić information content (AvgIpc) is 2.94. The lowest BCUT2D eigenvalue weighted by Crippen LogP contribution is -2.19. The predicted molar refractivity (Wildman–Crippen MR) is 104 cm³/mol. The number of rotatable bonds is 12. The number of fused-ring (bicyclic) bond motifs is 1. The topological polar surface area (TPSA) is 39.1 Å². The normalized spacial score (nSPS) is 11.5. The fourth-order valence-corrected chi connectivity index (χ4v) is 3.50. The molecular formula is C19H31N3OS. The Hall–Kier alpha value is -1.04. The van der Waals surface area contributed by atoms with Crippen LogP contribution in [0.4, 0.5) is 0 Å². The van der Waals surface area contributed by atoms with E-state index < -0.39 is 0 Å². The number of benzene rings is 1. The molecule has 0 fully saturated rings. The summed E-state index contributed by atoms with van der Waals surface area (Å²) in [6, 6.07) is 6.69. The Morgan fingerprint density at radius 3 is 2.83 bits per heavy atom. The summed E-state index contributed by atoms with van der Waals surface area (Å²) >= 11 is 1.93. The molecule has 1 N–H and O–H groups in total. The van der Waals surface area contributed by atoms with E-state index in [9.17, 15) is 0 Å². The number of hydrogen-bond acceptors (Lipinski definition) is 4. The minimum atomic E-state index is 0.803. The highest BCUT2D eigenvalue weighted by Gasteiger charge is 2.11. The van der Waals surface area contributed by atoms with Gasteiger partial charge in [-0.2, -0.15) is 0 Å². The summed E-state index contributed by atoms with van der Waals surface area (Å²) in [5.74, 6) is 2.32. The quantitative estimate of drug-likeness (QED) is 0.453. The standard InChI is InChI=1S/C19H31N3OS/c1-4-6-11-22-18-14-16(24-13-5-2)8-9-17(18)21-19(22)15-20-10-7-12-23-3/h8-9,14,20H,4-7,10-13,15H2,1-3H3. The van der Waals surface area contributed by atoms with Gasteiger partial charge in [-0.1, -0.05) is 20.3 Å². The summed E-state index contributed by atoms with van der Waals surface area (Å²) in [5.41, 5.74) is 2.39. The molecule has 1 heterocycles. The number of ether oxygens (including phenoxy) is 1. The zero-order chi connectivity index (χ0) is 17.2. The van der Waals surface area contributed by atoms with E-state index in [0.29, 0.717) is 0 Å². The highest BCUT2D eigenvalue weighted by molar-refractivity contribution is 7.99. The summed E-state index contributed by atoms with van der Waals surface area (Å²) in [7, 11) is 1.75. The van der Waals surface area contributed by atoms with E-state index in [1.54, 1.807) is 7.11 Å². The van der Waals surface area contributed by atoms with Gasteiger partial charge < -0.3 is 14.6 Å². The van der Waals surface area contributed by atoms with Crippen molar-refractivity contribution in [3.63, 3.8) is 0 Å². The Kier molecular flexibility index (Phi) is 8.64. The summed E-state index contributed by atoms with van der Waals surface area (Å²) < 4.78 is 7.50. The molecule has 0 saturated carbocycles. The van der Waals surface area contributed by atoms with Crippen molar-refractivity contribution < 1.29 is 4.74 Å².